The smallest absolute Gasteiger partial charge is 0.358 e. The molecule has 0 saturated carbocycles. The lowest BCUT2D eigenvalue weighted by Crippen LogP contribution is -2.23. The van der Waals surface area contributed by atoms with Crippen LogP contribution < -0.4 is 5.32 Å². The molecule has 0 amide bonds. The van der Waals surface area contributed by atoms with E-state index in [1.807, 2.05) is 0 Å². The molecule has 0 aromatic carbocycles. The SMILES string of the molecule is O=C(O)c1cc(CC2CCCN2)on1. The van der Waals surface area contributed by atoms with Crippen LogP contribution in [0.2, 0.25) is 0 Å². The minimum Gasteiger partial charge on any atom is -0.476 e. The van der Waals surface area contributed by atoms with Gasteiger partial charge < -0.3 is 14.9 Å². The lowest BCUT2D eigenvalue weighted by molar-refractivity contribution is 0.0685. The molecule has 1 aliphatic heterocycles. The fraction of sp³-hybridized carbons (Fsp3) is 0.556. The first-order chi connectivity index (χ1) is 6.75. The van der Waals surface area contributed by atoms with Crippen LogP contribution in [0.5, 0.6) is 0 Å². The summed E-state index contributed by atoms with van der Waals surface area (Å²) < 4.78 is 4.92. The van der Waals surface area contributed by atoms with E-state index in [1.165, 1.54) is 12.5 Å². The van der Waals surface area contributed by atoms with E-state index >= 15 is 0 Å². The molecule has 0 aliphatic carbocycles. The van der Waals surface area contributed by atoms with Crippen LogP contribution in [0.4, 0.5) is 0 Å². The van der Waals surface area contributed by atoms with Gasteiger partial charge in [0.1, 0.15) is 5.76 Å². The molecule has 1 fully saturated rings. The van der Waals surface area contributed by atoms with Crippen molar-refractivity contribution in [2.75, 3.05) is 6.54 Å². The van der Waals surface area contributed by atoms with Crippen LogP contribution in [0.15, 0.2) is 10.6 Å². The van der Waals surface area contributed by atoms with Crippen molar-refractivity contribution in [1.29, 1.82) is 0 Å². The summed E-state index contributed by atoms with van der Waals surface area (Å²) in [7, 11) is 0. The van der Waals surface area contributed by atoms with Crippen molar-refractivity contribution in [3.63, 3.8) is 0 Å². The summed E-state index contributed by atoms with van der Waals surface area (Å²) in [5.74, 6) is -0.402. The number of hydrogen-bond donors (Lipinski definition) is 2. The highest BCUT2D eigenvalue weighted by molar-refractivity contribution is 5.85. The highest BCUT2D eigenvalue weighted by atomic mass is 16.5. The van der Waals surface area contributed by atoms with E-state index in [2.05, 4.69) is 10.5 Å². The zero-order chi connectivity index (χ0) is 9.97. The summed E-state index contributed by atoms with van der Waals surface area (Å²) >= 11 is 0. The standard InChI is InChI=1S/C9H12N2O3/c12-9(13)8-5-7(14-11-8)4-6-2-1-3-10-6/h5-6,10H,1-4H2,(H,12,13). The molecular weight excluding hydrogens is 184 g/mol. The van der Waals surface area contributed by atoms with Gasteiger partial charge in [0, 0.05) is 18.5 Å². The number of aromatic nitrogens is 1. The Morgan fingerprint density at radius 2 is 2.64 bits per heavy atom. The van der Waals surface area contributed by atoms with E-state index in [9.17, 15) is 4.79 Å². The fourth-order valence-corrected chi connectivity index (χ4v) is 1.68. The van der Waals surface area contributed by atoms with E-state index in [0.29, 0.717) is 11.8 Å². The third-order valence-electron chi connectivity index (χ3n) is 2.39. The Kier molecular flexibility index (Phi) is 2.49. The fourth-order valence-electron chi connectivity index (χ4n) is 1.68. The average molecular weight is 196 g/mol. The number of nitrogens with one attached hydrogen (secondary N) is 1. The third-order valence-corrected chi connectivity index (χ3v) is 2.39. The van der Waals surface area contributed by atoms with E-state index in [-0.39, 0.29) is 5.69 Å². The average Bonchev–Trinajstić information content (AvgIpc) is 2.75. The molecule has 1 atom stereocenters. The Hall–Kier alpha value is -1.36. The van der Waals surface area contributed by atoms with Gasteiger partial charge in [-0.1, -0.05) is 5.16 Å². The maximum atomic E-state index is 10.5. The summed E-state index contributed by atoms with van der Waals surface area (Å²) in [6.45, 7) is 1.03. The van der Waals surface area contributed by atoms with E-state index < -0.39 is 5.97 Å². The Morgan fingerprint density at radius 3 is 3.21 bits per heavy atom. The number of carbonyl (C=O) groups is 1. The molecule has 1 aromatic heterocycles. The molecule has 2 N–H and O–H groups in total. The van der Waals surface area contributed by atoms with Crippen LogP contribution in [0.3, 0.4) is 0 Å². The minimum absolute atomic E-state index is 0.0157. The lowest BCUT2D eigenvalue weighted by Gasteiger charge is -2.05. The first kappa shape index (κ1) is 9.21. The monoisotopic (exact) mass is 196 g/mol. The largest absolute Gasteiger partial charge is 0.476 e. The van der Waals surface area contributed by atoms with Gasteiger partial charge in [-0.3, -0.25) is 0 Å². The van der Waals surface area contributed by atoms with Crippen LogP contribution in [0.25, 0.3) is 0 Å². The first-order valence-corrected chi connectivity index (χ1v) is 4.68. The van der Waals surface area contributed by atoms with Gasteiger partial charge in [0.15, 0.2) is 5.69 Å². The van der Waals surface area contributed by atoms with Crippen LogP contribution in [0, 0.1) is 0 Å². The second kappa shape index (κ2) is 3.79. The molecule has 76 valence electrons. The number of carboxylic acid groups (broad SMARTS) is 1. The molecule has 0 radical (unpaired) electrons. The quantitative estimate of drug-likeness (QED) is 0.743. The molecule has 0 spiro atoms. The van der Waals surface area contributed by atoms with Gasteiger partial charge in [0.25, 0.3) is 0 Å². The first-order valence-electron chi connectivity index (χ1n) is 4.68. The Balaban J connectivity index is 1.98. The Morgan fingerprint density at radius 1 is 1.79 bits per heavy atom. The predicted molar refractivity (Wildman–Crippen MR) is 48.2 cm³/mol. The number of aromatic carboxylic acids is 1. The van der Waals surface area contributed by atoms with Crippen molar-refractivity contribution in [3.05, 3.63) is 17.5 Å². The molecule has 5 nitrogen and oxygen atoms in total. The Bertz CT molecular complexity index is 329. The maximum absolute atomic E-state index is 10.5. The summed E-state index contributed by atoms with van der Waals surface area (Å²) in [6.07, 6.45) is 3.01. The number of rotatable bonds is 3. The van der Waals surface area contributed by atoms with Crippen molar-refractivity contribution in [1.82, 2.24) is 10.5 Å². The molecular formula is C9H12N2O3. The predicted octanol–water partition coefficient (Wildman–Crippen LogP) is 0.667. The maximum Gasteiger partial charge on any atom is 0.358 e. The van der Waals surface area contributed by atoms with Crippen molar-refractivity contribution >= 4 is 5.97 Å². The second-order valence-electron chi connectivity index (χ2n) is 3.48. The van der Waals surface area contributed by atoms with Crippen molar-refractivity contribution in [3.8, 4) is 0 Å². The number of nitrogens with zero attached hydrogens (tertiary/aromatic N) is 1. The highest BCUT2D eigenvalue weighted by Gasteiger charge is 2.18. The zero-order valence-electron chi connectivity index (χ0n) is 7.69. The third kappa shape index (κ3) is 1.93. The molecule has 5 heteroatoms. The molecule has 1 aromatic rings. The van der Waals surface area contributed by atoms with E-state index in [1.54, 1.807) is 0 Å². The van der Waals surface area contributed by atoms with Crippen molar-refractivity contribution in [2.45, 2.75) is 25.3 Å². The summed E-state index contributed by atoms with van der Waals surface area (Å²) in [5.41, 5.74) is -0.0157. The molecule has 0 bridgehead atoms. The number of carboxylic acids is 1. The molecule has 1 unspecified atom stereocenters. The molecule has 1 saturated heterocycles. The zero-order valence-corrected chi connectivity index (χ0v) is 7.69. The van der Waals surface area contributed by atoms with Crippen LogP contribution in [-0.4, -0.2) is 28.8 Å². The van der Waals surface area contributed by atoms with Crippen molar-refractivity contribution < 1.29 is 14.4 Å². The van der Waals surface area contributed by atoms with Crippen LogP contribution >= 0.6 is 0 Å². The molecule has 14 heavy (non-hydrogen) atoms. The van der Waals surface area contributed by atoms with Crippen molar-refractivity contribution in [2.24, 2.45) is 0 Å². The van der Waals surface area contributed by atoms with Gasteiger partial charge >= 0.3 is 5.97 Å². The van der Waals surface area contributed by atoms with Gasteiger partial charge in [-0.25, -0.2) is 4.79 Å². The van der Waals surface area contributed by atoms with Gasteiger partial charge in [-0.2, -0.15) is 0 Å². The molecule has 2 rings (SSSR count). The van der Waals surface area contributed by atoms with E-state index in [0.717, 1.165) is 19.4 Å². The van der Waals surface area contributed by atoms with Gasteiger partial charge in [0.2, 0.25) is 0 Å². The minimum atomic E-state index is -1.04. The number of hydrogen-bond acceptors (Lipinski definition) is 4. The Labute approximate surface area is 81.1 Å². The molecule has 2 heterocycles. The summed E-state index contributed by atoms with van der Waals surface area (Å²) in [6, 6.07) is 1.90. The van der Waals surface area contributed by atoms with E-state index in [4.69, 9.17) is 9.63 Å². The second-order valence-corrected chi connectivity index (χ2v) is 3.48. The van der Waals surface area contributed by atoms with Crippen LogP contribution in [0.1, 0.15) is 29.1 Å². The lowest BCUT2D eigenvalue weighted by atomic mass is 10.1. The van der Waals surface area contributed by atoms with Gasteiger partial charge in [-0.15, -0.1) is 0 Å². The van der Waals surface area contributed by atoms with Crippen LogP contribution in [-0.2, 0) is 6.42 Å². The van der Waals surface area contributed by atoms with Gasteiger partial charge in [0.05, 0.1) is 0 Å². The highest BCUT2D eigenvalue weighted by Crippen LogP contribution is 2.12. The molecule has 1 aliphatic rings. The van der Waals surface area contributed by atoms with Gasteiger partial charge in [-0.05, 0) is 19.4 Å². The summed E-state index contributed by atoms with van der Waals surface area (Å²) in [4.78, 5) is 10.5. The topological polar surface area (TPSA) is 75.4 Å². The summed E-state index contributed by atoms with van der Waals surface area (Å²) in [5, 5.41) is 15.4. The normalized spacial score (nSPS) is 21.3.